The number of nitrogens with zero attached hydrogens (tertiary/aromatic N) is 3. The second-order valence-electron chi connectivity index (χ2n) is 4.62. The van der Waals surface area contributed by atoms with Gasteiger partial charge in [0.25, 0.3) is 5.91 Å². The maximum absolute atomic E-state index is 12.7. The number of halogens is 1. The van der Waals surface area contributed by atoms with Gasteiger partial charge in [0.2, 0.25) is 0 Å². The number of methoxy groups -OCH3 is 1. The van der Waals surface area contributed by atoms with Crippen molar-refractivity contribution in [3.63, 3.8) is 0 Å². The van der Waals surface area contributed by atoms with Crippen LogP contribution in [-0.4, -0.2) is 34.2 Å². The number of aromatic nitrogens is 2. The smallest absolute Gasteiger partial charge is 0.257 e. The fourth-order valence-electron chi connectivity index (χ4n) is 2.08. The van der Waals surface area contributed by atoms with Gasteiger partial charge in [0.15, 0.2) is 0 Å². The van der Waals surface area contributed by atoms with E-state index >= 15 is 0 Å². The Hall–Kier alpha value is -1.37. The van der Waals surface area contributed by atoms with E-state index in [-0.39, 0.29) is 5.91 Å². The van der Waals surface area contributed by atoms with Crippen LogP contribution in [-0.2, 0) is 24.9 Å². The van der Waals surface area contributed by atoms with Gasteiger partial charge in [-0.15, -0.1) is 11.3 Å². The molecule has 0 fully saturated rings. The second-order valence-corrected chi connectivity index (χ2v) is 6.42. The van der Waals surface area contributed by atoms with Gasteiger partial charge in [-0.3, -0.25) is 9.48 Å². The molecule has 0 saturated carbocycles. The summed E-state index contributed by atoms with van der Waals surface area (Å²) in [5, 5.41) is 4.27. The summed E-state index contributed by atoms with van der Waals surface area (Å²) < 4.78 is 7.47. The first-order valence-corrected chi connectivity index (χ1v) is 7.79. The average Bonchev–Trinajstić information content (AvgIpc) is 3.02. The van der Waals surface area contributed by atoms with Crippen LogP contribution >= 0.6 is 22.9 Å². The van der Waals surface area contributed by atoms with Gasteiger partial charge in [-0.05, 0) is 19.1 Å². The fraction of sp³-hybridized carbons (Fsp3) is 0.429. The van der Waals surface area contributed by atoms with Crippen LogP contribution < -0.4 is 0 Å². The summed E-state index contributed by atoms with van der Waals surface area (Å²) in [6.45, 7) is 3.45. The third-order valence-corrected chi connectivity index (χ3v) is 4.28. The second kappa shape index (κ2) is 7.06. The number of ether oxygens (including phenoxy) is 1. The number of aryl methyl sites for hydroxylation is 1. The molecule has 0 aliphatic carbocycles. The largest absolute Gasteiger partial charge is 0.378 e. The van der Waals surface area contributed by atoms with Gasteiger partial charge in [0, 0.05) is 31.8 Å². The Morgan fingerprint density at radius 3 is 2.86 bits per heavy atom. The summed E-state index contributed by atoms with van der Waals surface area (Å²) in [7, 11) is 3.39. The van der Waals surface area contributed by atoms with E-state index in [1.54, 1.807) is 29.9 Å². The van der Waals surface area contributed by atoms with Crippen molar-refractivity contribution >= 4 is 28.8 Å². The fourth-order valence-corrected chi connectivity index (χ4v) is 3.18. The van der Waals surface area contributed by atoms with Crippen LogP contribution in [0, 0.1) is 0 Å². The van der Waals surface area contributed by atoms with Gasteiger partial charge in [-0.25, -0.2) is 0 Å². The Morgan fingerprint density at radius 1 is 1.52 bits per heavy atom. The molecule has 2 rings (SSSR count). The molecular weight excluding hydrogens is 310 g/mol. The summed E-state index contributed by atoms with van der Waals surface area (Å²) in [4.78, 5) is 15.5. The first kappa shape index (κ1) is 16.0. The van der Waals surface area contributed by atoms with Crippen molar-refractivity contribution < 1.29 is 9.53 Å². The van der Waals surface area contributed by atoms with E-state index in [2.05, 4.69) is 5.10 Å². The maximum atomic E-state index is 12.7. The molecule has 21 heavy (non-hydrogen) atoms. The van der Waals surface area contributed by atoms with Crippen LogP contribution in [0.2, 0.25) is 4.34 Å². The number of carbonyl (C=O) groups is 1. The molecule has 2 aromatic heterocycles. The topological polar surface area (TPSA) is 47.4 Å². The summed E-state index contributed by atoms with van der Waals surface area (Å²) in [6.07, 6.45) is 1.74. The van der Waals surface area contributed by atoms with Crippen molar-refractivity contribution in [1.82, 2.24) is 14.7 Å². The molecule has 2 heterocycles. The lowest BCUT2D eigenvalue weighted by Gasteiger charge is -2.20. The lowest BCUT2D eigenvalue weighted by Crippen LogP contribution is -2.30. The number of rotatable bonds is 6. The number of thiophene rings is 1. The van der Waals surface area contributed by atoms with Gasteiger partial charge in [0.05, 0.1) is 23.1 Å². The van der Waals surface area contributed by atoms with Crippen LogP contribution in [0.4, 0.5) is 0 Å². The molecule has 0 aromatic carbocycles. The van der Waals surface area contributed by atoms with Crippen molar-refractivity contribution in [2.24, 2.45) is 7.05 Å². The van der Waals surface area contributed by atoms with Crippen molar-refractivity contribution in [1.29, 1.82) is 0 Å². The number of carbonyl (C=O) groups excluding carboxylic acids is 1. The lowest BCUT2D eigenvalue weighted by molar-refractivity contribution is 0.0749. The first-order chi connectivity index (χ1) is 10.0. The molecule has 0 unspecified atom stereocenters. The number of amides is 1. The van der Waals surface area contributed by atoms with Crippen molar-refractivity contribution in [3.8, 4) is 0 Å². The molecule has 2 aromatic rings. The van der Waals surface area contributed by atoms with Crippen LogP contribution in [0.5, 0.6) is 0 Å². The normalized spacial score (nSPS) is 10.9. The third kappa shape index (κ3) is 3.84. The van der Waals surface area contributed by atoms with Crippen LogP contribution in [0.15, 0.2) is 18.3 Å². The molecule has 0 bridgehead atoms. The Labute approximate surface area is 133 Å². The predicted octanol–water partition coefficient (Wildman–Crippen LogP) is 2.94. The van der Waals surface area contributed by atoms with E-state index in [0.29, 0.717) is 31.0 Å². The standard InChI is InChI=1S/C14H18ClN3O2S/c1-4-18(7-10-5-6-13(15)21-10)14(19)11-8-17(2)16-12(11)9-20-3/h5-6,8H,4,7,9H2,1-3H3. The molecular formula is C14H18ClN3O2S. The van der Waals surface area contributed by atoms with E-state index < -0.39 is 0 Å². The number of hydrogen-bond acceptors (Lipinski definition) is 4. The minimum atomic E-state index is -0.0397. The SMILES string of the molecule is CCN(Cc1ccc(Cl)s1)C(=O)c1cn(C)nc1COC. The zero-order valence-corrected chi connectivity index (χ0v) is 13.9. The Kier molecular flexibility index (Phi) is 5.39. The third-order valence-electron chi connectivity index (χ3n) is 3.06. The monoisotopic (exact) mass is 327 g/mol. The molecule has 7 heteroatoms. The van der Waals surface area contributed by atoms with Gasteiger partial charge in [0.1, 0.15) is 5.69 Å². The van der Waals surface area contributed by atoms with Crippen LogP contribution in [0.25, 0.3) is 0 Å². The highest BCUT2D eigenvalue weighted by Crippen LogP contribution is 2.23. The molecule has 0 aliphatic heterocycles. The van der Waals surface area contributed by atoms with Crippen molar-refractivity contribution in [2.45, 2.75) is 20.1 Å². The van der Waals surface area contributed by atoms with E-state index in [9.17, 15) is 4.79 Å². The van der Waals surface area contributed by atoms with E-state index in [1.807, 2.05) is 19.1 Å². The summed E-state index contributed by atoms with van der Waals surface area (Å²) in [5.41, 5.74) is 1.25. The molecule has 0 radical (unpaired) electrons. The van der Waals surface area contributed by atoms with Crippen molar-refractivity contribution in [2.75, 3.05) is 13.7 Å². The highest BCUT2D eigenvalue weighted by atomic mass is 35.5. The molecule has 0 N–H and O–H groups in total. The molecule has 0 saturated heterocycles. The van der Waals surface area contributed by atoms with Crippen LogP contribution in [0.3, 0.4) is 0 Å². The molecule has 0 atom stereocenters. The quantitative estimate of drug-likeness (QED) is 0.819. The zero-order chi connectivity index (χ0) is 15.4. The van der Waals surface area contributed by atoms with Gasteiger partial charge in [-0.2, -0.15) is 5.10 Å². The highest BCUT2D eigenvalue weighted by Gasteiger charge is 2.21. The number of hydrogen-bond donors (Lipinski definition) is 0. The Morgan fingerprint density at radius 2 is 2.29 bits per heavy atom. The van der Waals surface area contributed by atoms with E-state index in [1.165, 1.54) is 11.3 Å². The van der Waals surface area contributed by atoms with Crippen molar-refractivity contribution in [3.05, 3.63) is 38.8 Å². The minimum Gasteiger partial charge on any atom is -0.378 e. The molecule has 0 spiro atoms. The van der Waals surface area contributed by atoms with Gasteiger partial charge >= 0.3 is 0 Å². The summed E-state index contributed by atoms with van der Waals surface area (Å²) >= 11 is 7.43. The van der Waals surface area contributed by atoms with Gasteiger partial charge < -0.3 is 9.64 Å². The average molecular weight is 328 g/mol. The summed E-state index contributed by atoms with van der Waals surface area (Å²) in [5.74, 6) is -0.0397. The highest BCUT2D eigenvalue weighted by molar-refractivity contribution is 7.16. The Bertz CT molecular complexity index is 624. The minimum absolute atomic E-state index is 0.0397. The molecule has 5 nitrogen and oxygen atoms in total. The Balaban J connectivity index is 2.19. The predicted molar refractivity (Wildman–Crippen MR) is 83.7 cm³/mol. The van der Waals surface area contributed by atoms with Gasteiger partial charge in [-0.1, -0.05) is 11.6 Å². The van der Waals surface area contributed by atoms with E-state index in [0.717, 1.165) is 9.21 Å². The molecule has 114 valence electrons. The lowest BCUT2D eigenvalue weighted by atomic mass is 10.2. The molecule has 0 aliphatic rings. The first-order valence-electron chi connectivity index (χ1n) is 6.60. The van der Waals surface area contributed by atoms with Crippen LogP contribution in [0.1, 0.15) is 27.9 Å². The van der Waals surface area contributed by atoms with E-state index in [4.69, 9.17) is 16.3 Å². The maximum Gasteiger partial charge on any atom is 0.257 e. The zero-order valence-electron chi connectivity index (χ0n) is 12.3. The molecule has 1 amide bonds. The summed E-state index contributed by atoms with van der Waals surface area (Å²) in [6, 6.07) is 3.79.